The minimum atomic E-state index is -0.357. The molecular weight excluding hydrogens is 316 g/mol. The maximum atomic E-state index is 12.1. The van der Waals surface area contributed by atoms with E-state index in [-0.39, 0.29) is 11.7 Å². The number of benzene rings is 2. The molecule has 4 heteroatoms. The van der Waals surface area contributed by atoms with Crippen LogP contribution in [0.15, 0.2) is 57.7 Å². The summed E-state index contributed by atoms with van der Waals surface area (Å²) in [5.74, 6) is 0.702. The van der Waals surface area contributed by atoms with Gasteiger partial charge in [0, 0.05) is 29.7 Å². The highest BCUT2D eigenvalue weighted by molar-refractivity contribution is 5.94. The Labute approximate surface area is 146 Å². The first-order chi connectivity index (χ1) is 12.2. The van der Waals surface area contributed by atoms with Gasteiger partial charge in [0.25, 0.3) is 0 Å². The van der Waals surface area contributed by atoms with Crippen molar-refractivity contribution < 1.29 is 13.9 Å². The molecule has 0 amide bonds. The molecule has 1 saturated heterocycles. The number of aryl methyl sites for hydroxylation is 1. The van der Waals surface area contributed by atoms with Crippen molar-refractivity contribution in [3.63, 3.8) is 0 Å². The first-order valence-corrected chi connectivity index (χ1v) is 8.59. The van der Waals surface area contributed by atoms with Crippen LogP contribution in [0.5, 0.6) is 5.75 Å². The summed E-state index contributed by atoms with van der Waals surface area (Å²) in [6, 6.07) is 15.3. The lowest BCUT2D eigenvalue weighted by Gasteiger charge is -2.23. The van der Waals surface area contributed by atoms with E-state index in [4.69, 9.17) is 13.9 Å². The van der Waals surface area contributed by atoms with Gasteiger partial charge in [0.05, 0.1) is 6.61 Å². The first-order valence-electron chi connectivity index (χ1n) is 8.59. The highest BCUT2D eigenvalue weighted by Gasteiger charge is 2.16. The summed E-state index contributed by atoms with van der Waals surface area (Å²) in [7, 11) is 0. The molecule has 0 N–H and O–H groups in total. The van der Waals surface area contributed by atoms with E-state index in [1.807, 2.05) is 43.3 Å². The van der Waals surface area contributed by atoms with Crippen LogP contribution in [-0.4, -0.2) is 19.3 Å². The summed E-state index contributed by atoms with van der Waals surface area (Å²) < 4.78 is 16.9. The van der Waals surface area contributed by atoms with Crippen molar-refractivity contribution in [2.45, 2.75) is 25.9 Å². The van der Waals surface area contributed by atoms with E-state index in [0.717, 1.165) is 41.5 Å². The third-order valence-electron chi connectivity index (χ3n) is 4.57. The van der Waals surface area contributed by atoms with Crippen LogP contribution in [0.4, 0.5) is 0 Å². The Bertz CT molecular complexity index is 952. The van der Waals surface area contributed by atoms with Gasteiger partial charge in [-0.05, 0) is 43.0 Å². The molecule has 1 fully saturated rings. The van der Waals surface area contributed by atoms with Crippen LogP contribution in [0, 0.1) is 6.92 Å². The molecule has 4 rings (SSSR count). The topological polar surface area (TPSA) is 48.7 Å². The lowest BCUT2D eigenvalue weighted by atomic mass is 9.98. The van der Waals surface area contributed by atoms with Crippen LogP contribution >= 0.6 is 0 Å². The average molecular weight is 336 g/mol. The number of hydrogen-bond acceptors (Lipinski definition) is 4. The van der Waals surface area contributed by atoms with Crippen LogP contribution in [0.25, 0.3) is 22.1 Å². The minimum absolute atomic E-state index is 0.0532. The molecule has 128 valence electrons. The lowest BCUT2D eigenvalue weighted by Crippen LogP contribution is -2.27. The largest absolute Gasteiger partial charge is 0.488 e. The van der Waals surface area contributed by atoms with E-state index in [1.165, 1.54) is 0 Å². The van der Waals surface area contributed by atoms with E-state index >= 15 is 0 Å². The van der Waals surface area contributed by atoms with Crippen molar-refractivity contribution in [3.05, 3.63) is 64.5 Å². The molecule has 3 aromatic rings. The zero-order valence-corrected chi connectivity index (χ0v) is 14.2. The van der Waals surface area contributed by atoms with Gasteiger partial charge in [0.2, 0.25) is 0 Å². The highest BCUT2D eigenvalue weighted by Crippen LogP contribution is 2.32. The highest BCUT2D eigenvalue weighted by atomic mass is 16.5. The summed E-state index contributed by atoms with van der Waals surface area (Å²) in [4.78, 5) is 12.1. The zero-order valence-electron chi connectivity index (χ0n) is 14.2. The molecule has 1 unspecified atom stereocenters. The van der Waals surface area contributed by atoms with Crippen molar-refractivity contribution in [3.8, 4) is 16.9 Å². The molecule has 4 nitrogen and oxygen atoms in total. The molecule has 1 aromatic heterocycles. The van der Waals surface area contributed by atoms with Gasteiger partial charge in [-0.2, -0.15) is 0 Å². The van der Waals surface area contributed by atoms with Crippen molar-refractivity contribution in [2.75, 3.05) is 13.2 Å². The maximum absolute atomic E-state index is 12.1. The predicted molar refractivity (Wildman–Crippen MR) is 97.1 cm³/mol. The Morgan fingerprint density at radius 1 is 1.08 bits per heavy atom. The van der Waals surface area contributed by atoms with E-state index in [2.05, 4.69) is 0 Å². The Morgan fingerprint density at radius 3 is 2.76 bits per heavy atom. The van der Waals surface area contributed by atoms with Crippen LogP contribution in [0.3, 0.4) is 0 Å². The molecule has 1 aliphatic heterocycles. The SMILES string of the molecule is Cc1ccccc1-c1cc(=O)oc2cc(OC3CCCOC3)ccc12. The monoisotopic (exact) mass is 336 g/mol. The van der Waals surface area contributed by atoms with Gasteiger partial charge >= 0.3 is 5.63 Å². The van der Waals surface area contributed by atoms with E-state index in [9.17, 15) is 4.79 Å². The summed E-state index contributed by atoms with van der Waals surface area (Å²) in [6.45, 7) is 3.44. The van der Waals surface area contributed by atoms with Crippen molar-refractivity contribution in [1.29, 1.82) is 0 Å². The second-order valence-corrected chi connectivity index (χ2v) is 6.41. The fourth-order valence-corrected chi connectivity index (χ4v) is 3.31. The average Bonchev–Trinajstić information content (AvgIpc) is 2.62. The third-order valence-corrected chi connectivity index (χ3v) is 4.57. The summed E-state index contributed by atoms with van der Waals surface area (Å²) in [6.07, 6.45) is 2.04. The molecule has 0 aliphatic carbocycles. The number of fused-ring (bicyclic) bond motifs is 1. The standard InChI is InChI=1S/C21H20O4/c1-14-5-2-3-7-17(14)19-12-21(22)25-20-11-15(8-9-18(19)20)24-16-6-4-10-23-13-16/h2-3,5,7-9,11-12,16H,4,6,10,13H2,1H3. The van der Waals surface area contributed by atoms with Crippen molar-refractivity contribution in [1.82, 2.24) is 0 Å². The van der Waals surface area contributed by atoms with Crippen molar-refractivity contribution >= 4 is 11.0 Å². The first kappa shape index (κ1) is 15.9. The number of ether oxygens (including phenoxy) is 2. The normalized spacial score (nSPS) is 17.6. The molecule has 1 aliphatic rings. The van der Waals surface area contributed by atoms with Crippen LogP contribution in [-0.2, 0) is 4.74 Å². The molecule has 0 saturated carbocycles. The summed E-state index contributed by atoms with van der Waals surface area (Å²) in [5.41, 5.74) is 3.23. The molecule has 0 radical (unpaired) electrons. The number of rotatable bonds is 3. The van der Waals surface area contributed by atoms with E-state index in [0.29, 0.717) is 17.9 Å². The van der Waals surface area contributed by atoms with Crippen LogP contribution in [0.2, 0.25) is 0 Å². The summed E-state index contributed by atoms with van der Waals surface area (Å²) in [5, 5.41) is 0.904. The molecule has 2 aromatic carbocycles. The van der Waals surface area contributed by atoms with Gasteiger partial charge in [0.1, 0.15) is 17.4 Å². The van der Waals surface area contributed by atoms with Gasteiger partial charge in [-0.3, -0.25) is 0 Å². The van der Waals surface area contributed by atoms with Gasteiger partial charge in [-0.1, -0.05) is 24.3 Å². The third kappa shape index (κ3) is 3.30. The smallest absolute Gasteiger partial charge is 0.336 e. The van der Waals surface area contributed by atoms with Crippen LogP contribution in [0.1, 0.15) is 18.4 Å². The molecule has 1 atom stereocenters. The van der Waals surface area contributed by atoms with Crippen molar-refractivity contribution in [2.24, 2.45) is 0 Å². The molecule has 25 heavy (non-hydrogen) atoms. The molecule has 2 heterocycles. The van der Waals surface area contributed by atoms with E-state index < -0.39 is 0 Å². The zero-order chi connectivity index (χ0) is 17.2. The number of hydrogen-bond donors (Lipinski definition) is 0. The Kier molecular flexibility index (Phi) is 4.28. The fourth-order valence-electron chi connectivity index (χ4n) is 3.31. The van der Waals surface area contributed by atoms with Gasteiger partial charge in [-0.15, -0.1) is 0 Å². The molecule has 0 spiro atoms. The fraction of sp³-hybridized carbons (Fsp3) is 0.286. The summed E-state index contributed by atoms with van der Waals surface area (Å²) >= 11 is 0. The van der Waals surface area contributed by atoms with Gasteiger partial charge in [0.15, 0.2) is 0 Å². The van der Waals surface area contributed by atoms with E-state index in [1.54, 1.807) is 12.1 Å². The minimum Gasteiger partial charge on any atom is -0.488 e. The second-order valence-electron chi connectivity index (χ2n) is 6.41. The predicted octanol–water partition coefficient (Wildman–Crippen LogP) is 4.33. The maximum Gasteiger partial charge on any atom is 0.336 e. The second kappa shape index (κ2) is 6.73. The Hall–Kier alpha value is -2.59. The Balaban J connectivity index is 1.76. The van der Waals surface area contributed by atoms with Gasteiger partial charge < -0.3 is 13.9 Å². The Morgan fingerprint density at radius 2 is 1.96 bits per heavy atom. The lowest BCUT2D eigenvalue weighted by molar-refractivity contribution is 0.00746. The molecular formula is C21H20O4. The van der Waals surface area contributed by atoms with Crippen LogP contribution < -0.4 is 10.4 Å². The molecule has 0 bridgehead atoms. The van der Waals surface area contributed by atoms with Gasteiger partial charge in [-0.25, -0.2) is 4.79 Å². The quantitative estimate of drug-likeness (QED) is 0.668.